The third-order valence-electron chi connectivity index (χ3n) is 3.43. The van der Waals surface area contributed by atoms with Crippen molar-refractivity contribution in [1.82, 2.24) is 0 Å². The van der Waals surface area contributed by atoms with Crippen molar-refractivity contribution >= 4 is 11.8 Å². The Balaban J connectivity index is 2.25. The van der Waals surface area contributed by atoms with E-state index < -0.39 is 0 Å². The highest BCUT2D eigenvalue weighted by Crippen LogP contribution is 2.32. The van der Waals surface area contributed by atoms with Crippen LogP contribution < -0.4 is 5.73 Å². The molecular weight excluding hydrogens is 269 g/mol. The maximum Gasteiger partial charge on any atom is 0.126 e. The van der Waals surface area contributed by atoms with Gasteiger partial charge in [0.25, 0.3) is 0 Å². The molecule has 2 aromatic carbocycles. The van der Waals surface area contributed by atoms with Crippen molar-refractivity contribution in [3.8, 4) is 0 Å². The van der Waals surface area contributed by atoms with E-state index in [1.807, 2.05) is 25.1 Å². The standard InChI is InChI=1S/C17H20FNS/c1-11-6-4-5-7-14(11)10-20-17-8-12(2)16(18)9-15(17)13(3)19/h4-9,13H,10,19H2,1-3H3/t13-/m1/s1. The first-order valence-corrected chi connectivity index (χ1v) is 7.70. The van der Waals surface area contributed by atoms with Crippen LogP contribution in [0, 0.1) is 19.7 Å². The maximum absolute atomic E-state index is 13.7. The van der Waals surface area contributed by atoms with Crippen molar-refractivity contribution in [2.24, 2.45) is 5.73 Å². The van der Waals surface area contributed by atoms with Gasteiger partial charge in [0.05, 0.1) is 0 Å². The molecule has 2 aromatic rings. The molecule has 106 valence electrons. The van der Waals surface area contributed by atoms with Gasteiger partial charge in [0.15, 0.2) is 0 Å². The van der Waals surface area contributed by atoms with Crippen LogP contribution >= 0.6 is 11.8 Å². The third kappa shape index (κ3) is 3.41. The summed E-state index contributed by atoms with van der Waals surface area (Å²) in [6.07, 6.45) is 0. The van der Waals surface area contributed by atoms with Crippen molar-refractivity contribution in [3.63, 3.8) is 0 Å². The summed E-state index contributed by atoms with van der Waals surface area (Å²) in [5.74, 6) is 0.690. The third-order valence-corrected chi connectivity index (χ3v) is 4.55. The monoisotopic (exact) mass is 289 g/mol. The zero-order valence-electron chi connectivity index (χ0n) is 12.1. The van der Waals surface area contributed by atoms with E-state index in [4.69, 9.17) is 5.73 Å². The molecular formula is C17H20FNS. The molecule has 0 aromatic heterocycles. The Hall–Kier alpha value is -1.32. The van der Waals surface area contributed by atoms with Crippen molar-refractivity contribution in [2.75, 3.05) is 0 Å². The van der Waals surface area contributed by atoms with Crippen LogP contribution in [0.5, 0.6) is 0 Å². The van der Waals surface area contributed by atoms with Crippen LogP contribution in [0.1, 0.15) is 35.2 Å². The number of aryl methyl sites for hydroxylation is 2. The molecule has 0 aliphatic heterocycles. The van der Waals surface area contributed by atoms with Crippen LogP contribution in [0.4, 0.5) is 4.39 Å². The Labute approximate surface area is 124 Å². The molecule has 3 heteroatoms. The number of benzene rings is 2. The molecule has 0 fully saturated rings. The van der Waals surface area contributed by atoms with Crippen LogP contribution in [-0.4, -0.2) is 0 Å². The molecule has 0 bridgehead atoms. The highest BCUT2D eigenvalue weighted by atomic mass is 32.2. The van der Waals surface area contributed by atoms with Gasteiger partial charge in [-0.15, -0.1) is 11.8 Å². The summed E-state index contributed by atoms with van der Waals surface area (Å²) in [5.41, 5.74) is 10.1. The molecule has 0 spiro atoms. The predicted molar refractivity (Wildman–Crippen MR) is 84.5 cm³/mol. The molecule has 0 saturated carbocycles. The molecule has 2 rings (SSSR count). The molecule has 0 saturated heterocycles. The number of nitrogens with two attached hydrogens (primary N) is 1. The number of rotatable bonds is 4. The molecule has 1 nitrogen and oxygen atoms in total. The fraction of sp³-hybridized carbons (Fsp3) is 0.294. The molecule has 0 aliphatic rings. The summed E-state index contributed by atoms with van der Waals surface area (Å²) in [7, 11) is 0. The van der Waals surface area contributed by atoms with Crippen molar-refractivity contribution in [2.45, 2.75) is 37.5 Å². The lowest BCUT2D eigenvalue weighted by atomic mass is 10.1. The Morgan fingerprint density at radius 2 is 1.85 bits per heavy atom. The summed E-state index contributed by atoms with van der Waals surface area (Å²) in [6.45, 7) is 5.79. The van der Waals surface area contributed by atoms with Crippen LogP contribution in [0.2, 0.25) is 0 Å². The second-order valence-electron chi connectivity index (χ2n) is 5.14. The van der Waals surface area contributed by atoms with Gasteiger partial charge in [0, 0.05) is 16.7 Å². The Kier molecular flexibility index (Phi) is 4.84. The van der Waals surface area contributed by atoms with Gasteiger partial charge in [0.2, 0.25) is 0 Å². The largest absolute Gasteiger partial charge is 0.324 e. The van der Waals surface area contributed by atoms with Gasteiger partial charge in [-0.2, -0.15) is 0 Å². The summed E-state index contributed by atoms with van der Waals surface area (Å²) < 4.78 is 13.7. The van der Waals surface area contributed by atoms with Crippen LogP contribution in [-0.2, 0) is 5.75 Å². The molecule has 0 radical (unpaired) electrons. The number of hydrogen-bond donors (Lipinski definition) is 1. The van der Waals surface area contributed by atoms with E-state index in [1.165, 1.54) is 11.1 Å². The van der Waals surface area contributed by atoms with Gasteiger partial charge in [-0.05, 0) is 55.2 Å². The number of thioether (sulfide) groups is 1. The van der Waals surface area contributed by atoms with Crippen LogP contribution in [0.25, 0.3) is 0 Å². The fourth-order valence-electron chi connectivity index (χ4n) is 2.08. The highest BCUT2D eigenvalue weighted by molar-refractivity contribution is 7.98. The van der Waals surface area contributed by atoms with Crippen molar-refractivity contribution < 1.29 is 4.39 Å². The van der Waals surface area contributed by atoms with E-state index in [2.05, 4.69) is 19.1 Å². The summed E-state index contributed by atoms with van der Waals surface area (Å²) in [4.78, 5) is 1.07. The van der Waals surface area contributed by atoms with Gasteiger partial charge < -0.3 is 5.73 Å². The zero-order chi connectivity index (χ0) is 14.7. The predicted octanol–water partition coefficient (Wildman–Crippen LogP) is 4.75. The average Bonchev–Trinajstić information content (AvgIpc) is 2.41. The van der Waals surface area contributed by atoms with Crippen LogP contribution in [0.3, 0.4) is 0 Å². The van der Waals surface area contributed by atoms with E-state index >= 15 is 0 Å². The number of hydrogen-bond acceptors (Lipinski definition) is 2. The van der Waals surface area contributed by atoms with E-state index in [1.54, 1.807) is 24.8 Å². The van der Waals surface area contributed by atoms with Gasteiger partial charge >= 0.3 is 0 Å². The first-order chi connectivity index (χ1) is 9.49. The molecule has 0 amide bonds. The maximum atomic E-state index is 13.7. The quantitative estimate of drug-likeness (QED) is 0.822. The molecule has 1 atom stereocenters. The molecule has 0 unspecified atom stereocenters. The lowest BCUT2D eigenvalue weighted by Gasteiger charge is -2.14. The summed E-state index contributed by atoms with van der Waals surface area (Å²) in [6, 6.07) is 11.6. The Morgan fingerprint density at radius 3 is 2.50 bits per heavy atom. The lowest BCUT2D eigenvalue weighted by molar-refractivity contribution is 0.610. The summed E-state index contributed by atoms with van der Waals surface area (Å²) in [5, 5.41) is 0. The summed E-state index contributed by atoms with van der Waals surface area (Å²) >= 11 is 1.72. The average molecular weight is 289 g/mol. The SMILES string of the molecule is Cc1cc(SCc2ccccc2C)c([C@@H](C)N)cc1F. The van der Waals surface area contributed by atoms with E-state index in [9.17, 15) is 4.39 Å². The topological polar surface area (TPSA) is 26.0 Å². The van der Waals surface area contributed by atoms with E-state index in [-0.39, 0.29) is 11.9 Å². The lowest BCUT2D eigenvalue weighted by Crippen LogP contribution is -2.07. The Bertz CT molecular complexity index is 608. The van der Waals surface area contributed by atoms with Crippen molar-refractivity contribution in [1.29, 1.82) is 0 Å². The van der Waals surface area contributed by atoms with E-state index in [0.717, 1.165) is 16.2 Å². The molecule has 0 aliphatic carbocycles. The fourth-order valence-corrected chi connectivity index (χ4v) is 3.39. The van der Waals surface area contributed by atoms with Crippen LogP contribution in [0.15, 0.2) is 41.3 Å². The molecule has 0 heterocycles. The minimum atomic E-state index is -0.183. The van der Waals surface area contributed by atoms with Gasteiger partial charge in [-0.25, -0.2) is 4.39 Å². The minimum Gasteiger partial charge on any atom is -0.324 e. The van der Waals surface area contributed by atoms with Crippen molar-refractivity contribution in [3.05, 3.63) is 64.5 Å². The molecule has 2 N–H and O–H groups in total. The normalized spacial score (nSPS) is 12.4. The first-order valence-electron chi connectivity index (χ1n) is 6.72. The van der Waals surface area contributed by atoms with E-state index in [0.29, 0.717) is 5.56 Å². The smallest absolute Gasteiger partial charge is 0.126 e. The highest BCUT2D eigenvalue weighted by Gasteiger charge is 2.12. The second-order valence-corrected chi connectivity index (χ2v) is 6.16. The zero-order valence-corrected chi connectivity index (χ0v) is 12.9. The number of halogens is 1. The van der Waals surface area contributed by atoms with Gasteiger partial charge in [-0.1, -0.05) is 24.3 Å². The minimum absolute atomic E-state index is 0.163. The van der Waals surface area contributed by atoms with Gasteiger partial charge in [-0.3, -0.25) is 0 Å². The second kappa shape index (κ2) is 6.42. The van der Waals surface area contributed by atoms with Gasteiger partial charge in [0.1, 0.15) is 5.82 Å². The molecule has 20 heavy (non-hydrogen) atoms. The first kappa shape index (κ1) is 15.1. The Morgan fingerprint density at radius 1 is 1.15 bits per heavy atom.